The maximum absolute atomic E-state index is 12.8. The molecule has 1 heterocycles. The highest BCUT2D eigenvalue weighted by molar-refractivity contribution is 6.42. The van der Waals surface area contributed by atoms with Gasteiger partial charge in [-0.05, 0) is 49.2 Å². The Morgan fingerprint density at radius 3 is 2.44 bits per heavy atom. The Kier molecular flexibility index (Phi) is 8.41. The quantitative estimate of drug-likeness (QED) is 0.405. The summed E-state index contributed by atoms with van der Waals surface area (Å²) in [6.07, 6.45) is 1.71. The number of esters is 1. The van der Waals surface area contributed by atoms with E-state index in [2.05, 4.69) is 16.0 Å². The van der Waals surface area contributed by atoms with Gasteiger partial charge in [-0.25, -0.2) is 14.4 Å². The second-order valence-corrected chi connectivity index (χ2v) is 8.53. The van der Waals surface area contributed by atoms with Crippen LogP contribution in [0.2, 0.25) is 10.0 Å². The molecule has 0 radical (unpaired) electrons. The Bertz CT molecular complexity index is 1140. The molecular weight excluding hydrogens is 479 g/mol. The Morgan fingerprint density at radius 2 is 1.79 bits per heavy atom. The second kappa shape index (κ2) is 11.3. The Hall–Kier alpha value is -3.23. The van der Waals surface area contributed by atoms with Crippen LogP contribution in [0.3, 0.4) is 0 Å². The molecule has 8 nitrogen and oxygen atoms in total. The maximum Gasteiger partial charge on any atom is 0.337 e. The van der Waals surface area contributed by atoms with E-state index in [9.17, 15) is 14.4 Å². The van der Waals surface area contributed by atoms with Gasteiger partial charge in [-0.15, -0.1) is 0 Å². The van der Waals surface area contributed by atoms with E-state index in [1.165, 1.54) is 13.2 Å². The van der Waals surface area contributed by atoms with Crippen LogP contribution in [-0.4, -0.2) is 36.6 Å². The van der Waals surface area contributed by atoms with Gasteiger partial charge in [0.15, 0.2) is 0 Å². The molecule has 0 fully saturated rings. The van der Waals surface area contributed by atoms with E-state index in [1.807, 2.05) is 6.92 Å². The van der Waals surface area contributed by atoms with Crippen LogP contribution in [0.4, 0.5) is 21.0 Å². The number of anilines is 2. The minimum Gasteiger partial charge on any atom is -0.466 e. The summed E-state index contributed by atoms with van der Waals surface area (Å²) in [5.74, 6) is -0.528. The number of benzene rings is 2. The van der Waals surface area contributed by atoms with E-state index in [1.54, 1.807) is 48.2 Å². The fraction of sp³-hybridized carbons (Fsp3) is 0.292. The summed E-state index contributed by atoms with van der Waals surface area (Å²) < 4.78 is 5.00. The van der Waals surface area contributed by atoms with Crippen LogP contribution in [0.5, 0.6) is 0 Å². The number of methoxy groups -OCH3 is 1. The third-order valence-electron chi connectivity index (χ3n) is 5.39. The van der Waals surface area contributed by atoms with Gasteiger partial charge in [0.25, 0.3) is 0 Å². The highest BCUT2D eigenvalue weighted by Crippen LogP contribution is 2.32. The molecule has 2 aromatic carbocycles. The minimum atomic E-state index is -0.724. The predicted octanol–water partition coefficient (Wildman–Crippen LogP) is 5.95. The number of nitrogens with zero attached hydrogens (tertiary/aromatic N) is 1. The van der Waals surface area contributed by atoms with Crippen molar-refractivity contribution in [1.29, 1.82) is 0 Å². The average molecular weight is 505 g/mol. The van der Waals surface area contributed by atoms with E-state index in [-0.39, 0.29) is 6.03 Å². The standard InChI is InChI=1S/C24H26Cl2N4O4/c1-4-5-11-30-14(2)20(22(31)34-3)21(29-24(30)33)15-7-6-8-16(12-15)27-23(32)28-17-9-10-18(25)19(26)13-17/h6-10,12-13,21H,4-5,11H2,1-3H3,(H,29,33)(H2,27,28,32). The van der Waals surface area contributed by atoms with Gasteiger partial charge in [-0.2, -0.15) is 0 Å². The number of ether oxygens (including phenoxy) is 1. The molecule has 0 saturated carbocycles. The van der Waals surface area contributed by atoms with Crippen LogP contribution in [0.15, 0.2) is 53.7 Å². The summed E-state index contributed by atoms with van der Waals surface area (Å²) in [6.45, 7) is 4.26. The molecule has 180 valence electrons. The fourth-order valence-corrected chi connectivity index (χ4v) is 3.95. The van der Waals surface area contributed by atoms with E-state index >= 15 is 0 Å². The second-order valence-electron chi connectivity index (χ2n) is 7.71. The molecule has 3 N–H and O–H groups in total. The van der Waals surface area contributed by atoms with Crippen molar-refractivity contribution >= 4 is 52.6 Å². The van der Waals surface area contributed by atoms with Crippen molar-refractivity contribution in [3.05, 3.63) is 69.3 Å². The van der Waals surface area contributed by atoms with Gasteiger partial charge in [-0.1, -0.05) is 48.7 Å². The van der Waals surface area contributed by atoms with Gasteiger partial charge in [0.1, 0.15) is 0 Å². The molecule has 1 atom stereocenters. The number of carbonyl (C=O) groups excluding carboxylic acids is 3. The molecule has 1 aliphatic rings. The van der Waals surface area contributed by atoms with E-state index in [0.29, 0.717) is 44.8 Å². The molecule has 34 heavy (non-hydrogen) atoms. The number of hydrogen-bond donors (Lipinski definition) is 3. The largest absolute Gasteiger partial charge is 0.466 e. The number of unbranched alkanes of at least 4 members (excludes halogenated alkanes) is 1. The van der Waals surface area contributed by atoms with E-state index in [4.69, 9.17) is 27.9 Å². The Labute approximate surface area is 208 Å². The monoisotopic (exact) mass is 504 g/mol. The molecule has 1 aliphatic heterocycles. The van der Waals surface area contributed by atoms with Crippen LogP contribution in [-0.2, 0) is 9.53 Å². The number of amides is 4. The zero-order valence-electron chi connectivity index (χ0n) is 19.1. The lowest BCUT2D eigenvalue weighted by Crippen LogP contribution is -2.48. The van der Waals surface area contributed by atoms with Crippen molar-refractivity contribution in [2.45, 2.75) is 32.7 Å². The summed E-state index contributed by atoms with van der Waals surface area (Å²) in [5, 5.41) is 9.01. The fourth-order valence-electron chi connectivity index (χ4n) is 3.65. The normalized spacial score (nSPS) is 15.6. The molecule has 1 unspecified atom stereocenters. The molecule has 10 heteroatoms. The SMILES string of the molecule is CCCCN1C(=O)NC(c2cccc(NC(=O)Nc3ccc(Cl)c(Cl)c3)c2)C(C(=O)OC)=C1C. The lowest BCUT2D eigenvalue weighted by molar-refractivity contribution is -0.136. The van der Waals surface area contributed by atoms with E-state index in [0.717, 1.165) is 12.8 Å². The lowest BCUT2D eigenvalue weighted by Gasteiger charge is -2.35. The van der Waals surface area contributed by atoms with Gasteiger partial charge in [0.2, 0.25) is 0 Å². The average Bonchev–Trinajstić information content (AvgIpc) is 2.80. The molecule has 0 spiro atoms. The molecule has 0 aliphatic carbocycles. The zero-order chi connectivity index (χ0) is 24.8. The van der Waals surface area contributed by atoms with Crippen molar-refractivity contribution in [2.24, 2.45) is 0 Å². The summed E-state index contributed by atoms with van der Waals surface area (Å²) in [5.41, 5.74) is 2.46. The first-order valence-corrected chi connectivity index (χ1v) is 11.5. The van der Waals surface area contributed by atoms with Crippen LogP contribution in [0.1, 0.15) is 38.3 Å². The summed E-state index contributed by atoms with van der Waals surface area (Å²) >= 11 is 11.9. The van der Waals surface area contributed by atoms with Gasteiger partial charge in [0, 0.05) is 23.6 Å². The lowest BCUT2D eigenvalue weighted by atomic mass is 9.94. The van der Waals surface area contributed by atoms with Gasteiger partial charge >= 0.3 is 18.0 Å². The molecule has 0 bridgehead atoms. The maximum atomic E-state index is 12.8. The topological polar surface area (TPSA) is 99.8 Å². The van der Waals surface area contributed by atoms with Crippen LogP contribution < -0.4 is 16.0 Å². The van der Waals surface area contributed by atoms with Gasteiger partial charge < -0.3 is 20.7 Å². The minimum absolute atomic E-state index is 0.292. The van der Waals surface area contributed by atoms with E-state index < -0.39 is 18.0 Å². The number of nitrogens with one attached hydrogen (secondary N) is 3. The molecule has 0 saturated heterocycles. The molecule has 4 amide bonds. The molecule has 2 aromatic rings. The summed E-state index contributed by atoms with van der Waals surface area (Å²) in [6, 6.07) is 10.1. The Balaban J connectivity index is 1.84. The summed E-state index contributed by atoms with van der Waals surface area (Å²) in [7, 11) is 1.30. The zero-order valence-corrected chi connectivity index (χ0v) is 20.6. The number of rotatable bonds is 7. The first kappa shape index (κ1) is 25.4. The number of halogens is 2. The van der Waals surface area contributed by atoms with Crippen molar-refractivity contribution in [2.75, 3.05) is 24.3 Å². The summed E-state index contributed by atoms with van der Waals surface area (Å²) in [4.78, 5) is 39.5. The first-order chi connectivity index (χ1) is 16.2. The predicted molar refractivity (Wildman–Crippen MR) is 133 cm³/mol. The molecular formula is C24H26Cl2N4O4. The highest BCUT2D eigenvalue weighted by atomic mass is 35.5. The third kappa shape index (κ3) is 5.81. The smallest absolute Gasteiger partial charge is 0.337 e. The first-order valence-electron chi connectivity index (χ1n) is 10.7. The Morgan fingerprint density at radius 1 is 1.09 bits per heavy atom. The van der Waals surface area contributed by atoms with Gasteiger partial charge in [-0.3, -0.25) is 4.90 Å². The van der Waals surface area contributed by atoms with Crippen LogP contribution >= 0.6 is 23.2 Å². The van der Waals surface area contributed by atoms with Crippen molar-refractivity contribution in [1.82, 2.24) is 10.2 Å². The van der Waals surface area contributed by atoms with Crippen molar-refractivity contribution < 1.29 is 19.1 Å². The van der Waals surface area contributed by atoms with Crippen LogP contribution in [0, 0.1) is 0 Å². The number of carbonyl (C=O) groups is 3. The highest BCUT2D eigenvalue weighted by Gasteiger charge is 2.36. The van der Waals surface area contributed by atoms with Crippen LogP contribution in [0.25, 0.3) is 0 Å². The number of hydrogen-bond acceptors (Lipinski definition) is 4. The third-order valence-corrected chi connectivity index (χ3v) is 6.13. The number of urea groups is 2. The van der Waals surface area contributed by atoms with Gasteiger partial charge in [0.05, 0.1) is 28.8 Å². The van der Waals surface area contributed by atoms with Crippen molar-refractivity contribution in [3.8, 4) is 0 Å². The number of allylic oxidation sites excluding steroid dienone is 1. The molecule has 3 rings (SSSR count). The van der Waals surface area contributed by atoms with Crippen molar-refractivity contribution in [3.63, 3.8) is 0 Å². The molecule has 0 aromatic heterocycles.